The largest absolute Gasteiger partial charge is 0.294 e. The number of nitrogens with one attached hydrogen (secondary N) is 1. The molecule has 26 heavy (non-hydrogen) atoms. The molecule has 3 aromatic rings. The molecular formula is C17H19N5O2S2. The van der Waals surface area contributed by atoms with E-state index in [0.29, 0.717) is 17.1 Å². The van der Waals surface area contributed by atoms with Crippen molar-refractivity contribution < 1.29 is 4.79 Å². The van der Waals surface area contributed by atoms with Crippen molar-refractivity contribution in [2.45, 2.75) is 44.6 Å². The lowest BCUT2D eigenvalue weighted by Crippen LogP contribution is -2.27. The van der Waals surface area contributed by atoms with E-state index < -0.39 is 5.25 Å². The number of nitrogens with zero attached hydrogens (tertiary/aromatic N) is 4. The summed E-state index contributed by atoms with van der Waals surface area (Å²) in [5.41, 5.74) is 0.925. The molecule has 1 unspecified atom stereocenters. The first-order valence-corrected chi connectivity index (χ1v) is 9.87. The monoisotopic (exact) mass is 389 g/mol. The second kappa shape index (κ2) is 7.55. The Balaban J connectivity index is 1.90. The second-order valence-corrected chi connectivity index (χ2v) is 8.24. The Bertz CT molecular complexity index is 1010. The molecule has 9 heteroatoms. The van der Waals surface area contributed by atoms with Crippen molar-refractivity contribution in [1.29, 1.82) is 0 Å². The second-order valence-electron chi connectivity index (χ2n) is 5.73. The first-order chi connectivity index (χ1) is 12.4. The smallest absolute Gasteiger partial charge is 0.263 e. The number of aromatic nitrogens is 4. The molecule has 0 saturated heterocycles. The maximum absolute atomic E-state index is 12.9. The van der Waals surface area contributed by atoms with Gasteiger partial charge in [0, 0.05) is 23.8 Å². The zero-order valence-electron chi connectivity index (χ0n) is 14.9. The topological polar surface area (TPSA) is 89.8 Å². The number of rotatable bonds is 5. The highest BCUT2D eigenvalue weighted by molar-refractivity contribution is 8.00. The average Bonchev–Trinajstić information content (AvgIpc) is 2.90. The molecule has 1 N–H and O–H groups in total. The fraction of sp³-hybridized carbons (Fsp3) is 0.353. The summed E-state index contributed by atoms with van der Waals surface area (Å²) < 4.78 is 1.62. The Kier molecular flexibility index (Phi) is 5.38. The molecule has 3 aromatic heterocycles. The summed E-state index contributed by atoms with van der Waals surface area (Å²) in [5, 5.41) is 3.43. The van der Waals surface area contributed by atoms with Crippen molar-refractivity contribution in [3.05, 3.63) is 39.3 Å². The van der Waals surface area contributed by atoms with Gasteiger partial charge in [-0.25, -0.2) is 15.0 Å². The normalized spacial score (nSPS) is 12.3. The summed E-state index contributed by atoms with van der Waals surface area (Å²) in [6.45, 7) is 8.09. The summed E-state index contributed by atoms with van der Waals surface area (Å²) in [6.07, 6.45) is 3.12. The van der Waals surface area contributed by atoms with Gasteiger partial charge in [0.1, 0.15) is 4.83 Å². The van der Waals surface area contributed by atoms with Gasteiger partial charge < -0.3 is 0 Å². The van der Waals surface area contributed by atoms with Crippen LogP contribution in [0, 0.1) is 13.8 Å². The molecule has 0 aliphatic carbocycles. The van der Waals surface area contributed by atoms with Gasteiger partial charge in [-0.3, -0.25) is 19.5 Å². The molecule has 1 amide bonds. The van der Waals surface area contributed by atoms with Crippen molar-refractivity contribution in [3.63, 3.8) is 0 Å². The maximum Gasteiger partial charge on any atom is 0.263 e. The number of carbonyl (C=O) groups excluding carboxylic acids is 1. The highest BCUT2D eigenvalue weighted by atomic mass is 32.2. The van der Waals surface area contributed by atoms with Crippen LogP contribution in [-0.2, 0) is 11.3 Å². The van der Waals surface area contributed by atoms with Crippen LogP contribution in [0.2, 0.25) is 0 Å². The van der Waals surface area contributed by atoms with E-state index in [-0.39, 0.29) is 17.4 Å². The molecular weight excluding hydrogens is 370 g/mol. The highest BCUT2D eigenvalue weighted by Crippen LogP contribution is 2.29. The molecule has 3 heterocycles. The first-order valence-electron chi connectivity index (χ1n) is 8.17. The molecule has 0 fully saturated rings. The lowest BCUT2D eigenvalue weighted by atomic mass is 10.2. The minimum Gasteiger partial charge on any atom is -0.294 e. The fourth-order valence-electron chi connectivity index (χ4n) is 2.46. The number of carbonyl (C=O) groups is 1. The molecule has 3 rings (SSSR count). The summed E-state index contributed by atoms with van der Waals surface area (Å²) in [6, 6.07) is 1.68. The number of aryl methyl sites for hydroxylation is 2. The van der Waals surface area contributed by atoms with Crippen molar-refractivity contribution >= 4 is 45.2 Å². The number of anilines is 1. The minimum absolute atomic E-state index is 0.0548. The van der Waals surface area contributed by atoms with Crippen LogP contribution in [0.1, 0.15) is 24.3 Å². The number of hydrogen-bond acceptors (Lipinski definition) is 7. The number of thioether (sulfide) groups is 1. The van der Waals surface area contributed by atoms with Gasteiger partial charge in [-0.2, -0.15) is 0 Å². The number of hydrogen-bond donors (Lipinski definition) is 1. The number of fused-ring (bicyclic) bond motifs is 1. The fourth-order valence-corrected chi connectivity index (χ4v) is 4.51. The Hall–Kier alpha value is -2.26. The van der Waals surface area contributed by atoms with Gasteiger partial charge in [-0.15, -0.1) is 11.3 Å². The van der Waals surface area contributed by atoms with Gasteiger partial charge >= 0.3 is 0 Å². The van der Waals surface area contributed by atoms with Gasteiger partial charge in [-0.1, -0.05) is 11.8 Å². The van der Waals surface area contributed by atoms with Crippen molar-refractivity contribution in [2.24, 2.45) is 0 Å². The molecule has 0 aliphatic heterocycles. The molecule has 0 spiro atoms. The SMILES string of the molecule is CCn1c(SC(C)C(=O)Nc2ncccn2)nc2sc(C)c(C)c2c1=O. The Labute approximate surface area is 158 Å². The molecule has 0 aliphatic rings. The van der Waals surface area contributed by atoms with E-state index in [4.69, 9.17) is 0 Å². The lowest BCUT2D eigenvalue weighted by molar-refractivity contribution is -0.115. The van der Waals surface area contributed by atoms with Crippen LogP contribution in [0.3, 0.4) is 0 Å². The van der Waals surface area contributed by atoms with Crippen molar-refractivity contribution in [1.82, 2.24) is 19.5 Å². The lowest BCUT2D eigenvalue weighted by Gasteiger charge is -2.14. The van der Waals surface area contributed by atoms with Crippen LogP contribution in [0.4, 0.5) is 5.95 Å². The summed E-state index contributed by atoms with van der Waals surface area (Å²) in [7, 11) is 0. The van der Waals surface area contributed by atoms with Crippen molar-refractivity contribution in [2.75, 3.05) is 5.32 Å². The Morgan fingerprint density at radius 1 is 1.35 bits per heavy atom. The van der Waals surface area contributed by atoms with Gasteiger partial charge in [0.05, 0.1) is 10.6 Å². The standard InChI is InChI=1S/C17H19N5O2S2/c1-5-22-15(24)12-9(2)10(3)25-14(12)21-17(22)26-11(4)13(23)20-16-18-7-6-8-19-16/h6-8,11H,5H2,1-4H3,(H,18,19,20,23). The van der Waals surface area contributed by atoms with Crippen LogP contribution >= 0.6 is 23.1 Å². The maximum atomic E-state index is 12.9. The minimum atomic E-state index is -0.455. The highest BCUT2D eigenvalue weighted by Gasteiger charge is 2.21. The molecule has 136 valence electrons. The van der Waals surface area contributed by atoms with Crippen LogP contribution in [0.25, 0.3) is 10.2 Å². The van der Waals surface area contributed by atoms with Crippen molar-refractivity contribution in [3.8, 4) is 0 Å². The van der Waals surface area contributed by atoms with E-state index in [1.165, 1.54) is 23.1 Å². The van der Waals surface area contributed by atoms with E-state index >= 15 is 0 Å². The third-order valence-electron chi connectivity index (χ3n) is 4.02. The summed E-state index contributed by atoms with van der Waals surface area (Å²) >= 11 is 2.76. The zero-order valence-corrected chi connectivity index (χ0v) is 16.6. The van der Waals surface area contributed by atoms with Gasteiger partial charge in [-0.05, 0) is 39.3 Å². The predicted octanol–water partition coefficient (Wildman–Crippen LogP) is 3.00. The van der Waals surface area contributed by atoms with E-state index in [1.807, 2.05) is 20.8 Å². The summed E-state index contributed by atoms with van der Waals surface area (Å²) in [4.78, 5) is 39.7. The van der Waals surface area contributed by atoms with E-state index in [1.54, 1.807) is 30.0 Å². The molecule has 0 bridgehead atoms. The summed E-state index contributed by atoms with van der Waals surface area (Å²) in [5.74, 6) is 0.0162. The van der Waals surface area contributed by atoms with Gasteiger partial charge in [0.2, 0.25) is 11.9 Å². The quantitative estimate of drug-likeness (QED) is 0.533. The first kappa shape index (κ1) is 18.5. The van der Waals surface area contributed by atoms with Crippen LogP contribution in [0.5, 0.6) is 0 Å². The number of amides is 1. The zero-order chi connectivity index (χ0) is 18.8. The van der Waals surface area contributed by atoms with Crippen LogP contribution < -0.4 is 10.9 Å². The molecule has 0 radical (unpaired) electrons. The molecule has 0 saturated carbocycles. The van der Waals surface area contributed by atoms with E-state index in [0.717, 1.165) is 15.3 Å². The molecule has 0 aromatic carbocycles. The Morgan fingerprint density at radius 2 is 2.04 bits per heavy atom. The number of thiophene rings is 1. The molecule has 1 atom stereocenters. The third kappa shape index (κ3) is 3.49. The Morgan fingerprint density at radius 3 is 2.69 bits per heavy atom. The third-order valence-corrected chi connectivity index (χ3v) is 6.21. The molecule has 7 nitrogen and oxygen atoms in total. The average molecular weight is 390 g/mol. The van der Waals surface area contributed by atoms with Gasteiger partial charge in [0.25, 0.3) is 5.56 Å². The van der Waals surface area contributed by atoms with E-state index in [2.05, 4.69) is 20.3 Å². The van der Waals surface area contributed by atoms with Crippen LogP contribution in [0.15, 0.2) is 28.4 Å². The predicted molar refractivity (Wildman–Crippen MR) is 105 cm³/mol. The van der Waals surface area contributed by atoms with Gasteiger partial charge in [0.15, 0.2) is 5.16 Å². The van der Waals surface area contributed by atoms with E-state index in [9.17, 15) is 9.59 Å². The van der Waals surface area contributed by atoms with Crippen LogP contribution in [-0.4, -0.2) is 30.7 Å².